The van der Waals surface area contributed by atoms with Crippen molar-refractivity contribution >= 4 is 39.4 Å². The Hall–Kier alpha value is -2.58. The molecule has 9 heteroatoms. The van der Waals surface area contributed by atoms with Gasteiger partial charge in [-0.25, -0.2) is 4.68 Å². The summed E-state index contributed by atoms with van der Waals surface area (Å²) in [5.74, 6) is 1.43. The molecule has 1 N–H and O–H groups in total. The van der Waals surface area contributed by atoms with Crippen molar-refractivity contribution in [3.05, 3.63) is 63.3 Å². The summed E-state index contributed by atoms with van der Waals surface area (Å²) in [7, 11) is 1.57. The second-order valence-corrected chi connectivity index (χ2v) is 7.46. The zero-order valence-corrected chi connectivity index (χ0v) is 17.2. The molecule has 144 valence electrons. The Labute approximate surface area is 174 Å². The van der Waals surface area contributed by atoms with E-state index in [0.29, 0.717) is 29.1 Å². The van der Waals surface area contributed by atoms with Crippen LogP contribution in [0.3, 0.4) is 0 Å². The molecule has 3 aromatic rings. The van der Waals surface area contributed by atoms with Gasteiger partial charge in [-0.05, 0) is 23.8 Å². The van der Waals surface area contributed by atoms with Crippen LogP contribution in [0.1, 0.15) is 23.6 Å². The Kier molecular flexibility index (Phi) is 5.23. The molecule has 2 heterocycles. The summed E-state index contributed by atoms with van der Waals surface area (Å²) in [5, 5.41) is 7.59. The minimum absolute atomic E-state index is 0.115. The number of fused-ring (bicyclic) bond motifs is 1. The van der Waals surface area contributed by atoms with Crippen molar-refractivity contribution < 1.29 is 14.3 Å². The maximum atomic E-state index is 12.1. The number of nitrogens with zero attached hydrogens (tertiary/aromatic N) is 3. The molecule has 0 saturated carbocycles. The molecule has 1 aromatic heterocycles. The highest BCUT2D eigenvalue weighted by molar-refractivity contribution is 9.10. The quantitative estimate of drug-likeness (QED) is 0.613. The lowest BCUT2D eigenvalue weighted by Gasteiger charge is -2.25. The summed E-state index contributed by atoms with van der Waals surface area (Å²) in [6.45, 7) is 0.306. The van der Waals surface area contributed by atoms with Crippen molar-refractivity contribution in [1.29, 1.82) is 0 Å². The number of rotatable bonds is 5. The number of benzene rings is 2. The number of halogens is 2. The van der Waals surface area contributed by atoms with Gasteiger partial charge in [-0.3, -0.25) is 10.1 Å². The van der Waals surface area contributed by atoms with E-state index in [-0.39, 0.29) is 18.4 Å². The molecular formula is C19H16BrClN4O3. The van der Waals surface area contributed by atoms with E-state index in [0.717, 1.165) is 15.6 Å². The molecule has 0 saturated heterocycles. The maximum absolute atomic E-state index is 12.1. The molecule has 1 aliphatic heterocycles. The Balaban J connectivity index is 1.65. The number of hydrogen-bond donors (Lipinski definition) is 1. The van der Waals surface area contributed by atoms with Crippen LogP contribution in [0.5, 0.6) is 11.5 Å². The summed E-state index contributed by atoms with van der Waals surface area (Å²) >= 11 is 9.79. The largest absolute Gasteiger partial charge is 0.493 e. The highest BCUT2D eigenvalue weighted by atomic mass is 79.9. The van der Waals surface area contributed by atoms with Crippen LogP contribution in [0.4, 0.5) is 5.95 Å². The van der Waals surface area contributed by atoms with Gasteiger partial charge in [-0.1, -0.05) is 45.7 Å². The molecule has 0 unspecified atom stereocenters. The van der Waals surface area contributed by atoms with Crippen molar-refractivity contribution in [3.8, 4) is 11.5 Å². The monoisotopic (exact) mass is 462 g/mol. The van der Waals surface area contributed by atoms with Crippen LogP contribution in [0.15, 0.2) is 47.2 Å². The third kappa shape index (κ3) is 3.57. The van der Waals surface area contributed by atoms with E-state index in [9.17, 15) is 4.79 Å². The number of ether oxygens (including phenoxy) is 2. The first-order chi connectivity index (χ1) is 13.6. The number of anilines is 1. The topological polar surface area (TPSA) is 78.3 Å². The molecule has 2 aromatic carbocycles. The van der Waals surface area contributed by atoms with Gasteiger partial charge in [0.1, 0.15) is 12.9 Å². The number of nitrogens with one attached hydrogen (secondary N) is 1. The minimum atomic E-state index is -0.299. The number of methoxy groups -OCH3 is 1. The van der Waals surface area contributed by atoms with Crippen LogP contribution in [0.2, 0.25) is 5.02 Å². The van der Waals surface area contributed by atoms with E-state index in [1.807, 2.05) is 36.4 Å². The van der Waals surface area contributed by atoms with Gasteiger partial charge >= 0.3 is 0 Å². The van der Waals surface area contributed by atoms with Gasteiger partial charge in [-0.2, -0.15) is 10.1 Å². The fraction of sp³-hybridized carbons (Fsp3) is 0.211. The van der Waals surface area contributed by atoms with Crippen molar-refractivity contribution in [2.45, 2.75) is 19.1 Å². The third-order valence-corrected chi connectivity index (χ3v) is 5.54. The minimum Gasteiger partial charge on any atom is -0.493 e. The first-order valence-electron chi connectivity index (χ1n) is 8.50. The van der Waals surface area contributed by atoms with Crippen molar-refractivity contribution in [2.75, 3.05) is 12.4 Å². The fourth-order valence-corrected chi connectivity index (χ4v) is 3.87. The number of amides is 1. The summed E-state index contributed by atoms with van der Waals surface area (Å²) in [6.07, 6.45) is 1.66. The smallest absolute Gasteiger partial charge is 0.229 e. The number of carbonyl (C=O) groups excluding carboxylic acids is 1. The first kappa shape index (κ1) is 18.8. The summed E-state index contributed by atoms with van der Waals surface area (Å²) in [4.78, 5) is 16.1. The third-order valence-electron chi connectivity index (χ3n) is 4.48. The van der Waals surface area contributed by atoms with Crippen LogP contribution >= 0.6 is 27.5 Å². The van der Waals surface area contributed by atoms with Crippen LogP contribution in [-0.2, 0) is 11.4 Å². The van der Waals surface area contributed by atoms with Gasteiger partial charge in [0.2, 0.25) is 11.9 Å². The lowest BCUT2D eigenvalue weighted by Crippen LogP contribution is -2.29. The molecule has 1 atom stereocenters. The Morgan fingerprint density at radius 2 is 2.14 bits per heavy atom. The first-order valence-corrected chi connectivity index (χ1v) is 9.67. The molecule has 0 radical (unpaired) electrons. The van der Waals surface area contributed by atoms with E-state index < -0.39 is 0 Å². The van der Waals surface area contributed by atoms with E-state index in [2.05, 4.69) is 31.3 Å². The average Bonchev–Trinajstić information content (AvgIpc) is 3.15. The van der Waals surface area contributed by atoms with Gasteiger partial charge in [0, 0.05) is 15.1 Å². The summed E-state index contributed by atoms with van der Waals surface area (Å²) in [6, 6.07) is 10.9. The zero-order chi connectivity index (χ0) is 19.7. The average molecular weight is 464 g/mol. The normalized spacial score (nSPS) is 15.7. The van der Waals surface area contributed by atoms with Crippen molar-refractivity contribution in [2.24, 2.45) is 0 Å². The number of carbonyl (C=O) groups is 1. The zero-order valence-electron chi connectivity index (χ0n) is 14.9. The second-order valence-electron chi connectivity index (χ2n) is 6.20. The molecule has 4 rings (SSSR count). The van der Waals surface area contributed by atoms with Crippen molar-refractivity contribution in [1.82, 2.24) is 14.8 Å². The Morgan fingerprint density at radius 1 is 1.32 bits per heavy atom. The molecular weight excluding hydrogens is 448 g/mol. The standard InChI is InChI=1S/C19H16BrClN4O3/c1-27-16-6-12(15-8-18(26)24-19-22-10-23-25(15)19)13(20)7-17(16)28-9-11-4-2-3-5-14(11)21/h2-7,10,15H,8-9H2,1H3,(H,22,23,24,26)/t15-/m0/s1. The Bertz CT molecular complexity index is 1040. The fourth-order valence-electron chi connectivity index (χ4n) is 3.10. The molecule has 0 aliphatic carbocycles. The van der Waals surface area contributed by atoms with E-state index >= 15 is 0 Å². The molecule has 0 spiro atoms. The Morgan fingerprint density at radius 3 is 2.93 bits per heavy atom. The molecule has 1 aliphatic rings. The van der Waals surface area contributed by atoms with Gasteiger partial charge in [0.05, 0.1) is 19.6 Å². The highest BCUT2D eigenvalue weighted by Crippen LogP contribution is 2.40. The second kappa shape index (κ2) is 7.81. The molecule has 7 nitrogen and oxygen atoms in total. The van der Waals surface area contributed by atoms with Crippen LogP contribution in [-0.4, -0.2) is 27.8 Å². The maximum Gasteiger partial charge on any atom is 0.229 e. The van der Waals surface area contributed by atoms with E-state index in [4.69, 9.17) is 21.1 Å². The predicted octanol–water partition coefficient (Wildman–Crippen LogP) is 4.21. The van der Waals surface area contributed by atoms with Crippen LogP contribution < -0.4 is 14.8 Å². The van der Waals surface area contributed by atoms with Crippen LogP contribution in [0.25, 0.3) is 0 Å². The SMILES string of the molecule is COc1cc([C@@H]2CC(=O)Nc3ncnn32)c(Br)cc1OCc1ccccc1Cl. The van der Waals surface area contributed by atoms with Crippen molar-refractivity contribution in [3.63, 3.8) is 0 Å². The van der Waals surface area contributed by atoms with E-state index in [1.54, 1.807) is 11.8 Å². The summed E-state index contributed by atoms with van der Waals surface area (Å²) in [5.41, 5.74) is 1.73. The lowest BCUT2D eigenvalue weighted by molar-refractivity contribution is -0.117. The summed E-state index contributed by atoms with van der Waals surface area (Å²) < 4.78 is 13.9. The van der Waals surface area contributed by atoms with Gasteiger partial charge in [0.15, 0.2) is 11.5 Å². The van der Waals surface area contributed by atoms with E-state index in [1.165, 1.54) is 6.33 Å². The molecule has 28 heavy (non-hydrogen) atoms. The lowest BCUT2D eigenvalue weighted by atomic mass is 10.0. The molecule has 1 amide bonds. The number of aromatic nitrogens is 3. The van der Waals surface area contributed by atoms with Crippen LogP contribution in [0, 0.1) is 0 Å². The number of hydrogen-bond acceptors (Lipinski definition) is 5. The molecule has 0 fully saturated rings. The van der Waals surface area contributed by atoms with Gasteiger partial charge in [-0.15, -0.1) is 0 Å². The predicted molar refractivity (Wildman–Crippen MR) is 108 cm³/mol. The highest BCUT2D eigenvalue weighted by Gasteiger charge is 2.30. The molecule has 0 bridgehead atoms. The van der Waals surface area contributed by atoms with Gasteiger partial charge in [0.25, 0.3) is 0 Å². The van der Waals surface area contributed by atoms with Gasteiger partial charge < -0.3 is 9.47 Å².